The van der Waals surface area contributed by atoms with Crippen LogP contribution in [0.1, 0.15) is 26.3 Å². The fraction of sp³-hybridized carbons (Fsp3) is 0.385. The quantitative estimate of drug-likeness (QED) is 0.801. The van der Waals surface area contributed by atoms with Crippen molar-refractivity contribution < 1.29 is 13.2 Å². The number of rotatable bonds is 3. The summed E-state index contributed by atoms with van der Waals surface area (Å²) in [5, 5.41) is 3.16. The molecule has 0 unspecified atom stereocenters. The molecule has 0 bridgehead atoms. The van der Waals surface area contributed by atoms with Gasteiger partial charge in [0.2, 0.25) is 0 Å². The monoisotopic (exact) mass is 243 g/mol. The minimum absolute atomic E-state index is 0.0413. The lowest BCUT2D eigenvalue weighted by Crippen LogP contribution is -2.35. The highest BCUT2D eigenvalue weighted by molar-refractivity contribution is 5.50. The maximum atomic E-state index is 13.2. The summed E-state index contributed by atoms with van der Waals surface area (Å²) in [6.45, 7) is 6.53. The minimum atomic E-state index is -1.17. The molecule has 1 aromatic carbocycles. The molecule has 1 nitrogen and oxygen atoms in total. The maximum Gasteiger partial charge on any atom is 0.161 e. The van der Waals surface area contributed by atoms with Crippen molar-refractivity contribution in [2.24, 2.45) is 0 Å². The molecule has 0 aliphatic carbocycles. The molecule has 0 aliphatic rings. The average Bonchev–Trinajstić information content (AvgIpc) is 2.18. The molecular weight excluding hydrogens is 227 g/mol. The van der Waals surface area contributed by atoms with Crippen molar-refractivity contribution in [3.05, 3.63) is 41.2 Å². The highest BCUT2D eigenvalue weighted by Gasteiger charge is 2.08. The van der Waals surface area contributed by atoms with E-state index in [4.69, 9.17) is 0 Å². The van der Waals surface area contributed by atoms with E-state index in [0.29, 0.717) is 12.6 Å². The third-order valence-electron chi connectivity index (χ3n) is 2.09. The van der Waals surface area contributed by atoms with Gasteiger partial charge in [-0.2, -0.15) is 0 Å². The van der Waals surface area contributed by atoms with E-state index in [-0.39, 0.29) is 11.1 Å². The molecule has 17 heavy (non-hydrogen) atoms. The second-order valence-electron chi connectivity index (χ2n) is 4.82. The van der Waals surface area contributed by atoms with Crippen LogP contribution < -0.4 is 5.32 Å². The van der Waals surface area contributed by atoms with Crippen LogP contribution in [0.15, 0.2) is 18.2 Å². The van der Waals surface area contributed by atoms with Gasteiger partial charge in [-0.1, -0.05) is 12.2 Å². The molecule has 1 N–H and O–H groups in total. The Bertz CT molecular complexity index is 419. The van der Waals surface area contributed by atoms with Gasteiger partial charge in [0.25, 0.3) is 0 Å². The largest absolute Gasteiger partial charge is 0.309 e. The van der Waals surface area contributed by atoms with Crippen molar-refractivity contribution in [3.8, 4) is 0 Å². The van der Waals surface area contributed by atoms with Gasteiger partial charge in [0, 0.05) is 23.7 Å². The Balaban J connectivity index is 2.69. The minimum Gasteiger partial charge on any atom is -0.309 e. The molecule has 1 aromatic rings. The van der Waals surface area contributed by atoms with E-state index in [1.54, 1.807) is 6.08 Å². The Hall–Kier alpha value is -1.29. The molecule has 0 fully saturated rings. The number of nitrogens with one attached hydrogen (secondary N) is 1. The first-order valence-corrected chi connectivity index (χ1v) is 5.36. The predicted molar refractivity (Wildman–Crippen MR) is 63.1 cm³/mol. The molecule has 1 rings (SSSR count). The molecule has 0 spiro atoms. The molecule has 0 saturated heterocycles. The zero-order valence-corrected chi connectivity index (χ0v) is 10.2. The lowest BCUT2D eigenvalue weighted by molar-refractivity contribution is 0.450. The first-order valence-electron chi connectivity index (χ1n) is 5.36. The van der Waals surface area contributed by atoms with Gasteiger partial charge < -0.3 is 5.32 Å². The fourth-order valence-electron chi connectivity index (χ4n) is 1.22. The van der Waals surface area contributed by atoms with Crippen LogP contribution in [0.4, 0.5) is 13.2 Å². The zero-order valence-electron chi connectivity index (χ0n) is 10.2. The molecule has 0 aliphatic heterocycles. The van der Waals surface area contributed by atoms with Crippen molar-refractivity contribution in [1.29, 1.82) is 0 Å². The molecule has 4 heteroatoms. The highest BCUT2D eigenvalue weighted by atomic mass is 19.2. The number of halogens is 3. The number of hydrogen-bond acceptors (Lipinski definition) is 1. The maximum absolute atomic E-state index is 13.2. The van der Waals surface area contributed by atoms with E-state index in [2.05, 4.69) is 5.32 Å². The van der Waals surface area contributed by atoms with Crippen LogP contribution in [0.25, 0.3) is 6.08 Å². The van der Waals surface area contributed by atoms with Gasteiger partial charge in [-0.15, -0.1) is 0 Å². The van der Waals surface area contributed by atoms with Crippen LogP contribution >= 0.6 is 0 Å². The van der Waals surface area contributed by atoms with Crippen LogP contribution in [0.2, 0.25) is 0 Å². The summed E-state index contributed by atoms with van der Waals surface area (Å²) in [5.41, 5.74) is -0.00341. The molecular formula is C13H16F3N. The Labute approximate surface area is 99.3 Å². The molecule has 0 heterocycles. The van der Waals surface area contributed by atoms with Gasteiger partial charge in [0.15, 0.2) is 11.6 Å². The summed E-state index contributed by atoms with van der Waals surface area (Å²) in [5.74, 6) is -2.99. The lowest BCUT2D eigenvalue weighted by Gasteiger charge is -2.18. The van der Waals surface area contributed by atoms with Crippen molar-refractivity contribution >= 4 is 6.08 Å². The van der Waals surface area contributed by atoms with Crippen molar-refractivity contribution in [2.45, 2.75) is 26.3 Å². The second kappa shape index (κ2) is 5.36. The summed E-state index contributed by atoms with van der Waals surface area (Å²) >= 11 is 0. The summed E-state index contributed by atoms with van der Waals surface area (Å²) in [4.78, 5) is 0. The molecule has 0 saturated carbocycles. The van der Waals surface area contributed by atoms with Crippen molar-refractivity contribution in [3.63, 3.8) is 0 Å². The lowest BCUT2D eigenvalue weighted by atomic mass is 10.1. The summed E-state index contributed by atoms with van der Waals surface area (Å²) in [7, 11) is 0. The topological polar surface area (TPSA) is 12.0 Å². The third-order valence-corrected chi connectivity index (χ3v) is 2.09. The molecule has 0 aromatic heterocycles. The predicted octanol–water partition coefficient (Wildman–Crippen LogP) is 3.51. The van der Waals surface area contributed by atoms with E-state index in [1.165, 1.54) is 6.08 Å². The van der Waals surface area contributed by atoms with Gasteiger partial charge >= 0.3 is 0 Å². The summed E-state index contributed by atoms with van der Waals surface area (Å²) in [6.07, 6.45) is 3.09. The van der Waals surface area contributed by atoms with Gasteiger partial charge in [-0.05, 0) is 26.8 Å². The Morgan fingerprint density at radius 3 is 2.24 bits per heavy atom. The third kappa shape index (κ3) is 4.61. The molecule has 0 radical (unpaired) electrons. The van der Waals surface area contributed by atoms with E-state index < -0.39 is 17.5 Å². The normalized spacial score (nSPS) is 12.4. The van der Waals surface area contributed by atoms with Gasteiger partial charge in [0.05, 0.1) is 0 Å². The van der Waals surface area contributed by atoms with Crippen LogP contribution in [-0.4, -0.2) is 12.1 Å². The van der Waals surface area contributed by atoms with E-state index in [9.17, 15) is 13.2 Å². The van der Waals surface area contributed by atoms with Gasteiger partial charge in [-0.3, -0.25) is 0 Å². The van der Waals surface area contributed by atoms with Gasteiger partial charge in [-0.25, -0.2) is 13.2 Å². The van der Waals surface area contributed by atoms with Crippen LogP contribution in [-0.2, 0) is 0 Å². The molecule has 0 amide bonds. The SMILES string of the molecule is CC(C)(C)NC/C=C/c1cc(F)c(F)cc1F. The van der Waals surface area contributed by atoms with Crippen molar-refractivity contribution in [1.82, 2.24) is 5.32 Å². The Morgan fingerprint density at radius 2 is 1.65 bits per heavy atom. The summed E-state index contributed by atoms with van der Waals surface area (Å²) in [6, 6.07) is 1.39. The molecule has 0 atom stereocenters. The number of hydrogen-bond donors (Lipinski definition) is 1. The van der Waals surface area contributed by atoms with Crippen LogP contribution in [0.5, 0.6) is 0 Å². The van der Waals surface area contributed by atoms with E-state index >= 15 is 0 Å². The highest BCUT2D eigenvalue weighted by Crippen LogP contribution is 2.14. The smallest absolute Gasteiger partial charge is 0.161 e. The van der Waals surface area contributed by atoms with Crippen LogP contribution in [0, 0.1) is 17.5 Å². The number of benzene rings is 1. The Morgan fingerprint density at radius 1 is 1.06 bits per heavy atom. The summed E-state index contributed by atoms with van der Waals surface area (Å²) < 4.78 is 38.7. The second-order valence-corrected chi connectivity index (χ2v) is 4.82. The average molecular weight is 243 g/mol. The molecule has 94 valence electrons. The first-order chi connectivity index (χ1) is 7.79. The Kier molecular flexibility index (Phi) is 4.34. The zero-order chi connectivity index (χ0) is 13.1. The van der Waals surface area contributed by atoms with E-state index in [0.717, 1.165) is 6.07 Å². The van der Waals surface area contributed by atoms with Crippen LogP contribution in [0.3, 0.4) is 0 Å². The van der Waals surface area contributed by atoms with Crippen molar-refractivity contribution in [2.75, 3.05) is 6.54 Å². The fourth-order valence-corrected chi connectivity index (χ4v) is 1.22. The van der Waals surface area contributed by atoms with E-state index in [1.807, 2.05) is 20.8 Å². The van der Waals surface area contributed by atoms with Gasteiger partial charge in [0.1, 0.15) is 5.82 Å². The standard InChI is InChI=1S/C13H16F3N/c1-13(2,3)17-6-4-5-9-7-11(15)12(16)8-10(9)14/h4-5,7-8,17H,6H2,1-3H3/b5-4+. The first kappa shape index (κ1) is 13.8.